The van der Waals surface area contributed by atoms with E-state index in [-0.39, 0.29) is 0 Å². The van der Waals surface area contributed by atoms with Gasteiger partial charge in [-0.05, 0) is 65.6 Å². The van der Waals surface area contributed by atoms with E-state index in [4.69, 9.17) is 0 Å². The molecule has 0 atom stereocenters. The SMILES string of the molecule is C[Si](C)(c1c2ccccc2cc2ccccc12)[Si](C)(C)[Si](C)(C)[Si](C)(C)c1c2ccccc2cc2ccccc12. The standard InChI is InChI=1S/C36H42Si4/c1-37(2,35-31-21-13-9-17-27(31)25-28-18-10-14-22-32(28)35)39(5,6)40(7,8)38(3,4)36-33-23-15-11-19-29(33)26-30-20-12-16-24-34(30)36/h9-26H,1-8H3. The summed E-state index contributed by atoms with van der Waals surface area (Å²) in [6.45, 7) is 22.2. The second-order valence-electron chi connectivity index (χ2n) is 13.9. The fraction of sp³-hybridized carbons (Fsp3) is 0.222. The van der Waals surface area contributed by atoms with Crippen LogP contribution in [0.2, 0.25) is 52.4 Å². The maximum absolute atomic E-state index is 2.81. The number of fused-ring (bicyclic) bond motifs is 4. The Labute approximate surface area is 243 Å². The van der Waals surface area contributed by atoms with Crippen LogP contribution in [0.4, 0.5) is 0 Å². The molecule has 0 saturated carbocycles. The van der Waals surface area contributed by atoms with Crippen molar-refractivity contribution in [1.82, 2.24) is 0 Å². The Morgan fingerprint density at radius 1 is 0.325 bits per heavy atom. The summed E-state index contributed by atoms with van der Waals surface area (Å²) in [5, 5.41) is 15.0. The minimum absolute atomic E-state index is 1.40. The van der Waals surface area contributed by atoms with Gasteiger partial charge in [0, 0.05) is 14.2 Å². The minimum Gasteiger partial charge on any atom is -0.0730 e. The van der Waals surface area contributed by atoms with E-state index in [1.165, 1.54) is 43.1 Å². The molecular formula is C36H42Si4. The molecule has 0 heterocycles. The van der Waals surface area contributed by atoms with Crippen LogP contribution < -0.4 is 10.4 Å². The Kier molecular flexibility index (Phi) is 6.43. The van der Waals surface area contributed by atoms with Crippen molar-refractivity contribution in [1.29, 1.82) is 0 Å². The van der Waals surface area contributed by atoms with Gasteiger partial charge >= 0.3 is 0 Å². The molecule has 0 unspecified atom stereocenters. The quantitative estimate of drug-likeness (QED) is 0.139. The van der Waals surface area contributed by atoms with E-state index in [0.717, 1.165) is 0 Å². The molecule has 4 heteroatoms. The summed E-state index contributed by atoms with van der Waals surface area (Å²) in [4.78, 5) is 0. The van der Waals surface area contributed by atoms with Gasteiger partial charge in [0.2, 0.25) is 0 Å². The van der Waals surface area contributed by atoms with Crippen molar-refractivity contribution in [3.63, 3.8) is 0 Å². The van der Waals surface area contributed by atoms with Gasteiger partial charge in [0.05, 0.1) is 15.2 Å². The van der Waals surface area contributed by atoms with Gasteiger partial charge in [0.1, 0.15) is 0 Å². The summed E-state index contributed by atoms with van der Waals surface area (Å²) in [6.07, 6.45) is 0. The monoisotopic (exact) mass is 586 g/mol. The van der Waals surface area contributed by atoms with Crippen molar-refractivity contribution in [2.75, 3.05) is 0 Å². The normalized spacial score (nSPS) is 13.5. The Hall–Kier alpha value is -2.77. The summed E-state index contributed by atoms with van der Waals surface area (Å²) in [6, 6.07) is 41.6. The Bertz CT molecular complexity index is 1660. The van der Waals surface area contributed by atoms with Gasteiger partial charge in [-0.15, -0.1) is 0 Å². The molecule has 0 spiro atoms. The third-order valence-electron chi connectivity index (χ3n) is 11.5. The van der Waals surface area contributed by atoms with Crippen molar-refractivity contribution in [2.24, 2.45) is 0 Å². The van der Waals surface area contributed by atoms with Crippen LogP contribution in [-0.4, -0.2) is 29.4 Å². The molecule has 6 aromatic rings. The second-order valence-corrected chi connectivity index (χ2v) is 53.4. The zero-order valence-electron chi connectivity index (χ0n) is 25.4. The number of hydrogen-bond donors (Lipinski definition) is 0. The molecule has 0 aliphatic heterocycles. The molecule has 6 aromatic carbocycles. The summed E-state index contributed by atoms with van der Waals surface area (Å²) in [5.41, 5.74) is 0. The zero-order chi connectivity index (χ0) is 28.5. The van der Waals surface area contributed by atoms with Gasteiger partial charge in [-0.3, -0.25) is 0 Å². The van der Waals surface area contributed by atoms with Crippen molar-refractivity contribution in [2.45, 2.75) is 52.4 Å². The van der Waals surface area contributed by atoms with Gasteiger partial charge in [-0.25, -0.2) is 0 Å². The summed E-state index contributed by atoms with van der Waals surface area (Å²) >= 11 is 0. The molecule has 40 heavy (non-hydrogen) atoms. The van der Waals surface area contributed by atoms with Crippen LogP contribution in [0.3, 0.4) is 0 Å². The average molecular weight is 587 g/mol. The van der Waals surface area contributed by atoms with E-state index in [2.05, 4.69) is 162 Å². The van der Waals surface area contributed by atoms with Crippen molar-refractivity contribution < 1.29 is 0 Å². The molecule has 0 fully saturated rings. The highest BCUT2D eigenvalue weighted by atomic mass is 29.8. The highest BCUT2D eigenvalue weighted by Gasteiger charge is 2.60. The van der Waals surface area contributed by atoms with E-state index < -0.39 is 29.4 Å². The third kappa shape index (κ3) is 3.80. The van der Waals surface area contributed by atoms with Crippen LogP contribution in [0.15, 0.2) is 109 Å². The second kappa shape index (κ2) is 9.38. The predicted octanol–water partition coefficient (Wildman–Crippen LogP) is 9.48. The molecule has 0 N–H and O–H groups in total. The fourth-order valence-electron chi connectivity index (χ4n) is 7.56. The predicted molar refractivity (Wildman–Crippen MR) is 192 cm³/mol. The lowest BCUT2D eigenvalue weighted by Crippen LogP contribution is -2.84. The molecule has 0 radical (unpaired) electrons. The minimum atomic E-state index is -1.91. The average Bonchev–Trinajstić information content (AvgIpc) is 2.93. The molecule has 202 valence electrons. The Morgan fingerprint density at radius 2 is 0.550 bits per heavy atom. The zero-order valence-corrected chi connectivity index (χ0v) is 29.4. The van der Waals surface area contributed by atoms with Crippen molar-refractivity contribution >= 4 is 82.9 Å². The first-order valence-electron chi connectivity index (χ1n) is 14.7. The third-order valence-corrected chi connectivity index (χ3v) is 78.8. The summed E-state index contributed by atoms with van der Waals surface area (Å²) < 4.78 is 0. The lowest BCUT2D eigenvalue weighted by atomic mass is 10.0. The first kappa shape index (κ1) is 27.4. The lowest BCUT2D eigenvalue weighted by molar-refractivity contribution is 1.73. The molecule has 0 saturated heterocycles. The highest BCUT2D eigenvalue weighted by Crippen LogP contribution is 2.39. The van der Waals surface area contributed by atoms with E-state index in [1.807, 2.05) is 0 Å². The maximum atomic E-state index is 2.81. The first-order valence-corrected chi connectivity index (χ1v) is 29.7. The molecule has 0 amide bonds. The van der Waals surface area contributed by atoms with Gasteiger partial charge in [0.25, 0.3) is 0 Å². The van der Waals surface area contributed by atoms with Gasteiger partial charge in [-0.2, -0.15) is 0 Å². The van der Waals surface area contributed by atoms with Crippen LogP contribution in [0.25, 0.3) is 43.1 Å². The fourth-order valence-corrected chi connectivity index (χ4v) is 77.5. The van der Waals surface area contributed by atoms with E-state index in [0.29, 0.717) is 0 Å². The molecule has 0 bridgehead atoms. The molecule has 0 aliphatic carbocycles. The molecule has 6 rings (SSSR count). The van der Waals surface area contributed by atoms with E-state index in [1.54, 1.807) is 10.4 Å². The molecule has 0 aromatic heterocycles. The highest BCUT2D eigenvalue weighted by molar-refractivity contribution is 7.86. The van der Waals surface area contributed by atoms with Crippen LogP contribution in [0.1, 0.15) is 0 Å². The van der Waals surface area contributed by atoms with Crippen LogP contribution >= 0.6 is 0 Å². The Morgan fingerprint density at radius 3 is 0.800 bits per heavy atom. The van der Waals surface area contributed by atoms with Crippen LogP contribution in [0, 0.1) is 0 Å². The van der Waals surface area contributed by atoms with Crippen molar-refractivity contribution in [3.8, 4) is 0 Å². The van der Waals surface area contributed by atoms with E-state index in [9.17, 15) is 0 Å². The topological polar surface area (TPSA) is 0 Å². The van der Waals surface area contributed by atoms with Gasteiger partial charge in [0.15, 0.2) is 0 Å². The summed E-state index contributed by atoms with van der Waals surface area (Å²) in [7, 11) is -7.40. The molecule has 0 nitrogen and oxygen atoms in total. The largest absolute Gasteiger partial charge is 0.0730 e. The van der Waals surface area contributed by atoms with Crippen molar-refractivity contribution in [3.05, 3.63) is 109 Å². The number of benzene rings is 6. The molecular weight excluding hydrogens is 545 g/mol. The Balaban J connectivity index is 1.63. The number of rotatable bonds is 5. The smallest absolute Gasteiger partial charge is 0.0727 e. The van der Waals surface area contributed by atoms with Crippen LogP contribution in [-0.2, 0) is 0 Å². The summed E-state index contributed by atoms with van der Waals surface area (Å²) in [5.74, 6) is 0. The maximum Gasteiger partial charge on any atom is 0.0727 e. The lowest BCUT2D eigenvalue weighted by Gasteiger charge is -2.56. The van der Waals surface area contributed by atoms with Crippen LogP contribution in [0.5, 0.6) is 0 Å². The van der Waals surface area contributed by atoms with E-state index >= 15 is 0 Å². The van der Waals surface area contributed by atoms with Gasteiger partial charge in [-0.1, -0.05) is 149 Å². The van der Waals surface area contributed by atoms with Gasteiger partial charge < -0.3 is 0 Å². The first-order chi connectivity index (χ1) is 18.9. The number of hydrogen-bond acceptors (Lipinski definition) is 0. The molecule has 0 aliphatic rings.